The van der Waals surface area contributed by atoms with Crippen LogP contribution in [0.2, 0.25) is 0 Å². The van der Waals surface area contributed by atoms with Crippen molar-refractivity contribution in [3.8, 4) is 0 Å². The normalized spacial score (nSPS) is 18.5. The lowest BCUT2D eigenvalue weighted by molar-refractivity contribution is -0.443. The third kappa shape index (κ3) is 2.18. The molecule has 1 heterocycles. The van der Waals surface area contributed by atoms with Crippen molar-refractivity contribution in [3.63, 3.8) is 0 Å². The van der Waals surface area contributed by atoms with Crippen LogP contribution in [0.3, 0.4) is 0 Å². The molecule has 5 heteroatoms. The van der Waals surface area contributed by atoms with Crippen LogP contribution >= 0.6 is 0 Å². The highest BCUT2D eigenvalue weighted by atomic mass is 16.5. The summed E-state index contributed by atoms with van der Waals surface area (Å²) in [5.74, 6) is -0.586. The third-order valence-corrected chi connectivity index (χ3v) is 2.44. The number of amidine groups is 1. The first-order valence-electron chi connectivity index (χ1n) is 5.42. The molecule has 2 rings (SSSR count). The number of hydrogen-bond acceptors (Lipinski definition) is 4. The Hall–Kier alpha value is -2.17. The van der Waals surface area contributed by atoms with Gasteiger partial charge in [0.25, 0.3) is 5.84 Å². The van der Waals surface area contributed by atoms with Crippen molar-refractivity contribution in [2.45, 2.75) is 6.92 Å². The Morgan fingerprint density at radius 1 is 1.47 bits per heavy atom. The SMILES string of the molecule is CCOC(=O)[C@H]1C=N[N+](c2ccccc2)=C1N. The van der Waals surface area contributed by atoms with Gasteiger partial charge in [-0.3, -0.25) is 10.5 Å². The number of rotatable bonds is 3. The molecule has 88 valence electrons. The van der Waals surface area contributed by atoms with Gasteiger partial charge in [0, 0.05) is 0 Å². The Morgan fingerprint density at radius 3 is 2.82 bits per heavy atom. The van der Waals surface area contributed by atoms with E-state index in [9.17, 15) is 4.79 Å². The van der Waals surface area contributed by atoms with Crippen LogP contribution in [0.5, 0.6) is 0 Å². The summed E-state index contributed by atoms with van der Waals surface area (Å²) in [5, 5.41) is 4.12. The zero-order chi connectivity index (χ0) is 12.3. The standard InChI is InChI=1S/C12H13N3O2/c1-2-17-12(16)10-8-14-15(11(10)13)9-6-4-3-5-7-9/h3-8,10,13H,2H2,1H3/p+1/t10-/m0/s1. The number of benzene rings is 1. The first kappa shape index (κ1) is 11.3. The van der Waals surface area contributed by atoms with E-state index in [0.717, 1.165) is 5.69 Å². The number of nitrogens with two attached hydrogens (primary N) is 1. The summed E-state index contributed by atoms with van der Waals surface area (Å²) in [6.07, 6.45) is 1.50. The van der Waals surface area contributed by atoms with E-state index in [2.05, 4.69) is 5.10 Å². The van der Waals surface area contributed by atoms with Crippen molar-refractivity contribution in [2.75, 3.05) is 6.61 Å². The number of esters is 1. The van der Waals surface area contributed by atoms with Crippen LogP contribution in [0.15, 0.2) is 35.4 Å². The molecule has 0 saturated carbocycles. The van der Waals surface area contributed by atoms with Gasteiger partial charge in [-0.2, -0.15) is 0 Å². The number of carbonyl (C=O) groups is 1. The van der Waals surface area contributed by atoms with Gasteiger partial charge in [-0.05, 0) is 19.1 Å². The predicted octanol–water partition coefficient (Wildman–Crippen LogP) is 0.866. The molecule has 2 N–H and O–H groups in total. The molecule has 0 aliphatic carbocycles. The molecular weight excluding hydrogens is 218 g/mol. The molecule has 0 unspecified atom stereocenters. The van der Waals surface area contributed by atoms with Crippen LogP contribution in [0.25, 0.3) is 0 Å². The molecule has 5 nitrogen and oxygen atoms in total. The second-order valence-corrected chi connectivity index (χ2v) is 3.57. The van der Waals surface area contributed by atoms with E-state index in [0.29, 0.717) is 12.4 Å². The molecule has 0 fully saturated rings. The van der Waals surface area contributed by atoms with Gasteiger partial charge < -0.3 is 4.74 Å². The fourth-order valence-corrected chi connectivity index (χ4v) is 1.61. The summed E-state index contributed by atoms with van der Waals surface area (Å²) in [6, 6.07) is 9.42. The van der Waals surface area contributed by atoms with Crippen molar-refractivity contribution < 1.29 is 14.2 Å². The Bertz CT molecular complexity index is 480. The van der Waals surface area contributed by atoms with Crippen LogP contribution in [0.1, 0.15) is 6.92 Å². The number of carbonyl (C=O) groups excluding carboxylic acids is 1. The second-order valence-electron chi connectivity index (χ2n) is 3.57. The van der Waals surface area contributed by atoms with E-state index in [4.69, 9.17) is 10.5 Å². The van der Waals surface area contributed by atoms with Crippen molar-refractivity contribution in [2.24, 2.45) is 16.8 Å². The van der Waals surface area contributed by atoms with Crippen LogP contribution in [0, 0.1) is 5.92 Å². The van der Waals surface area contributed by atoms with E-state index in [1.165, 1.54) is 6.21 Å². The molecule has 1 aliphatic rings. The van der Waals surface area contributed by atoms with E-state index >= 15 is 0 Å². The summed E-state index contributed by atoms with van der Waals surface area (Å²) in [4.78, 5) is 11.6. The quantitative estimate of drug-likeness (QED) is 0.621. The van der Waals surface area contributed by atoms with Gasteiger partial charge in [0.05, 0.1) is 12.8 Å². The van der Waals surface area contributed by atoms with Crippen molar-refractivity contribution in [1.82, 2.24) is 0 Å². The van der Waals surface area contributed by atoms with Crippen molar-refractivity contribution in [1.29, 1.82) is 0 Å². The number of nitrogens with zero attached hydrogens (tertiary/aromatic N) is 2. The highest BCUT2D eigenvalue weighted by Gasteiger charge is 2.34. The van der Waals surface area contributed by atoms with Gasteiger partial charge >= 0.3 is 5.97 Å². The van der Waals surface area contributed by atoms with E-state index in [1.807, 2.05) is 30.3 Å². The van der Waals surface area contributed by atoms with Crippen molar-refractivity contribution >= 4 is 23.7 Å². The number of para-hydroxylation sites is 1. The Morgan fingerprint density at radius 2 is 2.18 bits per heavy atom. The maximum Gasteiger partial charge on any atom is 0.327 e. The lowest BCUT2D eigenvalue weighted by Crippen LogP contribution is -2.33. The largest absolute Gasteiger partial charge is 0.465 e. The fraction of sp³-hybridized carbons (Fsp3) is 0.250. The number of hydrogen-bond donors (Lipinski definition) is 1. The highest BCUT2D eigenvalue weighted by Crippen LogP contribution is 2.16. The predicted molar refractivity (Wildman–Crippen MR) is 64.2 cm³/mol. The molecule has 1 aromatic rings. The average Bonchev–Trinajstić information content (AvgIpc) is 2.72. The summed E-state index contributed by atoms with van der Waals surface area (Å²) in [7, 11) is 0. The summed E-state index contributed by atoms with van der Waals surface area (Å²) >= 11 is 0. The van der Waals surface area contributed by atoms with Crippen LogP contribution < -0.4 is 5.73 Å². The Kier molecular flexibility index (Phi) is 3.18. The molecule has 0 spiro atoms. The molecule has 1 aromatic carbocycles. The van der Waals surface area contributed by atoms with Gasteiger partial charge in [-0.15, -0.1) is 4.68 Å². The zero-order valence-corrected chi connectivity index (χ0v) is 9.54. The van der Waals surface area contributed by atoms with Gasteiger partial charge in [-0.1, -0.05) is 23.3 Å². The molecule has 1 aliphatic heterocycles. The minimum absolute atomic E-state index is 0.335. The Balaban J connectivity index is 2.27. The highest BCUT2D eigenvalue weighted by molar-refractivity contribution is 6.12. The molecule has 1 atom stereocenters. The molecule has 0 amide bonds. The van der Waals surface area contributed by atoms with Gasteiger partial charge in [-0.25, -0.2) is 0 Å². The van der Waals surface area contributed by atoms with Crippen LogP contribution in [-0.2, 0) is 9.53 Å². The summed E-state index contributed by atoms with van der Waals surface area (Å²) in [6.45, 7) is 2.09. The Labute approximate surface area is 99.2 Å². The molecule has 0 bridgehead atoms. The molecule has 17 heavy (non-hydrogen) atoms. The van der Waals surface area contributed by atoms with E-state index in [-0.39, 0.29) is 5.97 Å². The lowest BCUT2D eigenvalue weighted by atomic mass is 10.1. The molecule has 0 saturated heterocycles. The maximum absolute atomic E-state index is 11.6. The molecule has 0 radical (unpaired) electrons. The number of ether oxygens (including phenoxy) is 1. The first-order chi connectivity index (χ1) is 8.24. The smallest absolute Gasteiger partial charge is 0.327 e. The van der Waals surface area contributed by atoms with Gasteiger partial charge in [0.15, 0.2) is 11.6 Å². The van der Waals surface area contributed by atoms with Gasteiger partial charge in [0.2, 0.25) is 0 Å². The minimum Gasteiger partial charge on any atom is -0.465 e. The van der Waals surface area contributed by atoms with Crippen molar-refractivity contribution in [3.05, 3.63) is 30.3 Å². The second kappa shape index (κ2) is 4.78. The lowest BCUT2D eigenvalue weighted by Gasteiger charge is -2.03. The molecule has 0 aromatic heterocycles. The summed E-state index contributed by atoms with van der Waals surface area (Å²) in [5.41, 5.74) is 6.73. The third-order valence-electron chi connectivity index (χ3n) is 2.44. The monoisotopic (exact) mass is 232 g/mol. The summed E-state index contributed by atoms with van der Waals surface area (Å²) < 4.78 is 6.47. The minimum atomic E-state index is -0.588. The van der Waals surface area contributed by atoms with E-state index < -0.39 is 5.92 Å². The van der Waals surface area contributed by atoms with Crippen LogP contribution in [-0.4, -0.2) is 29.3 Å². The topological polar surface area (TPSA) is 67.7 Å². The number of hydrazone groups is 1. The van der Waals surface area contributed by atoms with Gasteiger partial charge in [0.1, 0.15) is 0 Å². The first-order valence-corrected chi connectivity index (χ1v) is 5.42. The zero-order valence-electron chi connectivity index (χ0n) is 9.54. The maximum atomic E-state index is 11.6. The fourth-order valence-electron chi connectivity index (χ4n) is 1.61. The molecular formula is C12H14N3O2+. The average molecular weight is 232 g/mol. The van der Waals surface area contributed by atoms with E-state index in [1.54, 1.807) is 11.6 Å². The van der Waals surface area contributed by atoms with Crippen LogP contribution in [0.4, 0.5) is 5.69 Å².